The van der Waals surface area contributed by atoms with Crippen LogP contribution in [0, 0.1) is 0 Å². The molecular formula is C18H22N4O3S. The molecule has 1 aromatic heterocycles. The Bertz CT molecular complexity index is 797. The van der Waals surface area contributed by atoms with Crippen molar-refractivity contribution in [3.8, 4) is 10.4 Å². The van der Waals surface area contributed by atoms with E-state index in [1.807, 2.05) is 12.1 Å². The molecule has 5 N–H and O–H groups in total. The van der Waals surface area contributed by atoms with Crippen molar-refractivity contribution >= 4 is 28.3 Å². The van der Waals surface area contributed by atoms with Crippen molar-refractivity contribution in [3.63, 3.8) is 0 Å². The Morgan fingerprint density at radius 1 is 1.19 bits per heavy atom. The topological polar surface area (TPSA) is 111 Å². The molecule has 1 saturated heterocycles. The third kappa shape index (κ3) is 4.04. The van der Waals surface area contributed by atoms with Gasteiger partial charge < -0.3 is 16.2 Å². The Hall–Kier alpha value is -2.42. The zero-order chi connectivity index (χ0) is 18.7. The van der Waals surface area contributed by atoms with E-state index >= 15 is 0 Å². The maximum atomic E-state index is 11.6. The fourth-order valence-corrected chi connectivity index (χ4v) is 4.09. The van der Waals surface area contributed by atoms with Gasteiger partial charge in [0.2, 0.25) is 0 Å². The van der Waals surface area contributed by atoms with E-state index in [4.69, 9.17) is 16.2 Å². The molecule has 1 aromatic carbocycles. The zero-order valence-corrected chi connectivity index (χ0v) is 15.3. The van der Waals surface area contributed by atoms with Crippen LogP contribution >= 0.6 is 11.3 Å². The second-order valence-electron chi connectivity index (χ2n) is 6.15. The van der Waals surface area contributed by atoms with Crippen molar-refractivity contribution in [2.24, 2.45) is 11.5 Å². The maximum Gasteiger partial charge on any atom is 0.317 e. The first-order chi connectivity index (χ1) is 12.5. The Labute approximate surface area is 155 Å². The molecule has 1 unspecified atom stereocenters. The number of thiophene rings is 1. The standard InChI is InChI=1S/C18H22N4O3S/c1-11(22-6-8-25-9-7-22)12-2-4-13(5-3-12)15-10-14(16(19)23)17(26-15)21-18(20)24/h2-5,10-11H,6-9H2,1H3,(H2,19,23)(H3,20,21,24). The Morgan fingerprint density at radius 2 is 1.85 bits per heavy atom. The van der Waals surface area contributed by atoms with E-state index in [0.29, 0.717) is 11.0 Å². The molecule has 26 heavy (non-hydrogen) atoms. The predicted octanol–water partition coefficient (Wildman–Crippen LogP) is 2.40. The SMILES string of the molecule is CC(c1ccc(-c2cc(C(N)=O)c(NC(N)=O)s2)cc1)N1CCOCC1. The number of nitrogens with zero attached hydrogens (tertiary/aromatic N) is 1. The van der Waals surface area contributed by atoms with E-state index in [1.165, 1.54) is 16.9 Å². The molecule has 0 aliphatic carbocycles. The van der Waals surface area contributed by atoms with Crippen LogP contribution in [-0.4, -0.2) is 43.1 Å². The second-order valence-corrected chi connectivity index (χ2v) is 7.21. The third-order valence-electron chi connectivity index (χ3n) is 4.51. The lowest BCUT2D eigenvalue weighted by Gasteiger charge is -2.32. The molecule has 1 aliphatic rings. The number of amides is 3. The molecule has 2 heterocycles. The lowest BCUT2D eigenvalue weighted by molar-refractivity contribution is 0.0198. The number of ether oxygens (including phenoxy) is 1. The Morgan fingerprint density at radius 3 is 2.42 bits per heavy atom. The number of morpholine rings is 1. The summed E-state index contributed by atoms with van der Waals surface area (Å²) in [5.74, 6) is -0.603. The van der Waals surface area contributed by atoms with E-state index < -0.39 is 11.9 Å². The molecule has 138 valence electrons. The van der Waals surface area contributed by atoms with Crippen LogP contribution in [0.2, 0.25) is 0 Å². The van der Waals surface area contributed by atoms with Crippen LogP contribution < -0.4 is 16.8 Å². The minimum Gasteiger partial charge on any atom is -0.379 e. The Kier molecular flexibility index (Phi) is 5.55. The molecule has 7 nitrogen and oxygen atoms in total. The summed E-state index contributed by atoms with van der Waals surface area (Å²) >= 11 is 1.27. The Balaban J connectivity index is 1.81. The summed E-state index contributed by atoms with van der Waals surface area (Å²) in [4.78, 5) is 25.9. The summed E-state index contributed by atoms with van der Waals surface area (Å²) in [5.41, 5.74) is 13.0. The highest BCUT2D eigenvalue weighted by atomic mass is 32.1. The number of carbonyl (C=O) groups is 2. The fourth-order valence-electron chi connectivity index (χ4n) is 3.02. The van der Waals surface area contributed by atoms with Crippen LogP contribution in [0.3, 0.4) is 0 Å². The van der Waals surface area contributed by atoms with Crippen molar-refractivity contribution in [1.29, 1.82) is 0 Å². The highest BCUT2D eigenvalue weighted by Crippen LogP contribution is 2.36. The molecule has 3 rings (SSSR count). The average molecular weight is 374 g/mol. The van der Waals surface area contributed by atoms with Crippen LogP contribution in [0.15, 0.2) is 30.3 Å². The van der Waals surface area contributed by atoms with Gasteiger partial charge in [0.15, 0.2) is 0 Å². The molecule has 0 saturated carbocycles. The zero-order valence-electron chi connectivity index (χ0n) is 14.5. The largest absolute Gasteiger partial charge is 0.379 e. The van der Waals surface area contributed by atoms with Gasteiger partial charge in [-0.1, -0.05) is 24.3 Å². The maximum absolute atomic E-state index is 11.6. The van der Waals surface area contributed by atoms with Gasteiger partial charge >= 0.3 is 6.03 Å². The van der Waals surface area contributed by atoms with E-state index in [-0.39, 0.29) is 5.56 Å². The lowest BCUT2D eigenvalue weighted by Crippen LogP contribution is -2.37. The second kappa shape index (κ2) is 7.86. The summed E-state index contributed by atoms with van der Waals surface area (Å²) < 4.78 is 5.41. The van der Waals surface area contributed by atoms with Gasteiger partial charge in [0.1, 0.15) is 5.00 Å². The number of anilines is 1. The van der Waals surface area contributed by atoms with Gasteiger partial charge in [-0.2, -0.15) is 0 Å². The summed E-state index contributed by atoms with van der Waals surface area (Å²) in [6.45, 7) is 5.58. The average Bonchev–Trinajstić information content (AvgIpc) is 3.05. The number of primary amides is 2. The van der Waals surface area contributed by atoms with Gasteiger partial charge in [0, 0.05) is 24.0 Å². The number of hydrogen-bond donors (Lipinski definition) is 3. The molecule has 2 aromatic rings. The van der Waals surface area contributed by atoms with Gasteiger partial charge in [-0.15, -0.1) is 11.3 Å². The smallest absolute Gasteiger partial charge is 0.317 e. The molecule has 8 heteroatoms. The molecule has 0 spiro atoms. The van der Waals surface area contributed by atoms with Crippen molar-refractivity contribution in [2.75, 3.05) is 31.6 Å². The summed E-state index contributed by atoms with van der Waals surface area (Å²) in [6, 6.07) is 9.45. The molecule has 1 fully saturated rings. The van der Waals surface area contributed by atoms with Crippen LogP contribution in [0.25, 0.3) is 10.4 Å². The summed E-state index contributed by atoms with van der Waals surface area (Å²) in [5, 5.41) is 2.82. The number of urea groups is 1. The van der Waals surface area contributed by atoms with E-state index in [2.05, 4.69) is 29.3 Å². The highest BCUT2D eigenvalue weighted by Gasteiger charge is 2.19. The van der Waals surface area contributed by atoms with Crippen molar-refractivity contribution in [1.82, 2.24) is 4.90 Å². The first-order valence-corrected chi connectivity index (χ1v) is 9.19. The molecule has 1 atom stereocenters. The molecule has 0 bridgehead atoms. The minimum atomic E-state index is -0.726. The van der Waals surface area contributed by atoms with E-state index in [0.717, 1.165) is 36.7 Å². The normalized spacial score (nSPS) is 16.2. The molecule has 3 amide bonds. The minimum absolute atomic E-state index is 0.259. The molecule has 0 radical (unpaired) electrons. The fraction of sp³-hybridized carbons (Fsp3) is 0.333. The number of nitrogens with two attached hydrogens (primary N) is 2. The van der Waals surface area contributed by atoms with Gasteiger partial charge in [-0.3, -0.25) is 15.0 Å². The first-order valence-electron chi connectivity index (χ1n) is 8.38. The van der Waals surface area contributed by atoms with Gasteiger partial charge in [0.25, 0.3) is 5.91 Å². The molecule has 1 aliphatic heterocycles. The van der Waals surface area contributed by atoms with Crippen LogP contribution in [-0.2, 0) is 4.74 Å². The van der Waals surface area contributed by atoms with Crippen LogP contribution in [0.4, 0.5) is 9.80 Å². The first kappa shape index (κ1) is 18.4. The number of carbonyl (C=O) groups excluding carboxylic acids is 2. The number of nitrogens with one attached hydrogen (secondary N) is 1. The van der Waals surface area contributed by atoms with Crippen LogP contribution in [0.5, 0.6) is 0 Å². The predicted molar refractivity (Wildman–Crippen MR) is 102 cm³/mol. The lowest BCUT2D eigenvalue weighted by atomic mass is 10.0. The van der Waals surface area contributed by atoms with Crippen molar-refractivity contribution in [3.05, 3.63) is 41.5 Å². The van der Waals surface area contributed by atoms with Gasteiger partial charge in [-0.05, 0) is 24.1 Å². The van der Waals surface area contributed by atoms with E-state index in [1.54, 1.807) is 6.07 Å². The quantitative estimate of drug-likeness (QED) is 0.746. The third-order valence-corrected chi connectivity index (χ3v) is 5.60. The number of benzene rings is 1. The van der Waals surface area contributed by atoms with Gasteiger partial charge in [0.05, 0.1) is 18.8 Å². The van der Waals surface area contributed by atoms with Gasteiger partial charge in [-0.25, -0.2) is 4.79 Å². The monoisotopic (exact) mass is 374 g/mol. The van der Waals surface area contributed by atoms with Crippen LogP contribution in [0.1, 0.15) is 28.9 Å². The summed E-state index contributed by atoms with van der Waals surface area (Å²) in [7, 11) is 0. The molecular weight excluding hydrogens is 352 g/mol. The summed E-state index contributed by atoms with van der Waals surface area (Å²) in [6.07, 6.45) is 0. The number of rotatable bonds is 5. The van der Waals surface area contributed by atoms with E-state index in [9.17, 15) is 9.59 Å². The van der Waals surface area contributed by atoms with Crippen molar-refractivity contribution < 1.29 is 14.3 Å². The highest BCUT2D eigenvalue weighted by molar-refractivity contribution is 7.20. The number of hydrogen-bond acceptors (Lipinski definition) is 5. The van der Waals surface area contributed by atoms with Crippen molar-refractivity contribution in [2.45, 2.75) is 13.0 Å².